The van der Waals surface area contributed by atoms with Gasteiger partial charge in [-0.3, -0.25) is 14.9 Å². The number of nitrogens with zero attached hydrogens (tertiary/aromatic N) is 3. The molecule has 1 aliphatic rings. The number of nitro benzene ring substituents is 1. The van der Waals surface area contributed by atoms with E-state index in [4.69, 9.17) is 0 Å². The van der Waals surface area contributed by atoms with Crippen LogP contribution in [0.25, 0.3) is 0 Å². The van der Waals surface area contributed by atoms with Crippen molar-refractivity contribution in [2.75, 3.05) is 10.6 Å². The molecule has 1 fully saturated rings. The van der Waals surface area contributed by atoms with Crippen molar-refractivity contribution < 1.29 is 9.72 Å². The van der Waals surface area contributed by atoms with Gasteiger partial charge in [-0.25, -0.2) is 4.68 Å². The fourth-order valence-corrected chi connectivity index (χ4v) is 3.31. The van der Waals surface area contributed by atoms with Crippen molar-refractivity contribution in [1.82, 2.24) is 9.78 Å². The van der Waals surface area contributed by atoms with Crippen LogP contribution in [-0.2, 0) is 0 Å². The normalized spacial score (nSPS) is 14.2. The lowest BCUT2D eigenvalue weighted by molar-refractivity contribution is -0.383. The molecule has 1 saturated carbocycles. The van der Waals surface area contributed by atoms with Gasteiger partial charge >= 0.3 is 0 Å². The second kappa shape index (κ2) is 7.75. The van der Waals surface area contributed by atoms with Gasteiger partial charge in [0.1, 0.15) is 11.5 Å². The summed E-state index contributed by atoms with van der Waals surface area (Å²) in [7, 11) is 0. The van der Waals surface area contributed by atoms with Crippen molar-refractivity contribution in [3.05, 3.63) is 76.5 Å². The molecule has 0 spiro atoms. The van der Waals surface area contributed by atoms with E-state index in [2.05, 4.69) is 22.7 Å². The van der Waals surface area contributed by atoms with Gasteiger partial charge in [-0.2, -0.15) is 5.10 Å². The standard InChI is InChI=1S/C21H21N5O3/c1-14(15-7-8-15)25-20(11-12-22-25)24-21(27)16-9-10-18(19(13-16)26(28)29)23-17-5-3-2-4-6-17/h2-6,9-15,23H,7-8H2,1H3,(H,24,27). The lowest BCUT2D eigenvalue weighted by Gasteiger charge is -2.15. The zero-order valence-corrected chi connectivity index (χ0v) is 15.9. The average molecular weight is 391 g/mol. The molecule has 0 bridgehead atoms. The van der Waals surface area contributed by atoms with Crippen molar-refractivity contribution in [2.45, 2.75) is 25.8 Å². The van der Waals surface area contributed by atoms with Gasteiger partial charge in [0.25, 0.3) is 11.6 Å². The van der Waals surface area contributed by atoms with E-state index >= 15 is 0 Å². The Morgan fingerprint density at radius 3 is 2.66 bits per heavy atom. The number of para-hydroxylation sites is 1. The maximum Gasteiger partial charge on any atom is 0.293 e. The van der Waals surface area contributed by atoms with Crippen LogP contribution < -0.4 is 10.6 Å². The van der Waals surface area contributed by atoms with Gasteiger partial charge in [-0.15, -0.1) is 0 Å². The summed E-state index contributed by atoms with van der Waals surface area (Å²) in [5.74, 6) is 0.752. The molecular formula is C21H21N5O3. The van der Waals surface area contributed by atoms with Crippen molar-refractivity contribution >= 4 is 28.8 Å². The number of carbonyl (C=O) groups is 1. The summed E-state index contributed by atoms with van der Waals surface area (Å²) in [6.45, 7) is 2.08. The van der Waals surface area contributed by atoms with Gasteiger partial charge in [-0.1, -0.05) is 18.2 Å². The monoisotopic (exact) mass is 391 g/mol. The Morgan fingerprint density at radius 2 is 1.97 bits per heavy atom. The number of benzene rings is 2. The maximum atomic E-state index is 12.7. The topological polar surface area (TPSA) is 102 Å². The molecule has 8 heteroatoms. The van der Waals surface area contributed by atoms with E-state index in [1.54, 1.807) is 29.1 Å². The summed E-state index contributed by atoms with van der Waals surface area (Å²) in [6.07, 6.45) is 3.97. The SMILES string of the molecule is CC(C1CC1)n1nccc1NC(=O)c1ccc(Nc2ccccc2)c([N+](=O)[O-])c1. The van der Waals surface area contributed by atoms with Crippen molar-refractivity contribution in [3.63, 3.8) is 0 Å². The van der Waals surface area contributed by atoms with Crippen LogP contribution in [0.1, 0.15) is 36.2 Å². The molecule has 2 N–H and O–H groups in total. The lowest BCUT2D eigenvalue weighted by Crippen LogP contribution is -2.18. The Morgan fingerprint density at radius 1 is 1.21 bits per heavy atom. The van der Waals surface area contributed by atoms with Crippen molar-refractivity contribution in [3.8, 4) is 0 Å². The molecule has 0 radical (unpaired) electrons. The lowest BCUT2D eigenvalue weighted by atomic mass is 10.1. The minimum Gasteiger partial charge on any atom is -0.350 e. The van der Waals surface area contributed by atoms with E-state index < -0.39 is 10.8 Å². The minimum atomic E-state index is -0.499. The van der Waals surface area contributed by atoms with Crippen LogP contribution in [0.4, 0.5) is 22.9 Å². The zero-order chi connectivity index (χ0) is 20.4. The predicted octanol–water partition coefficient (Wildman–Crippen LogP) is 4.76. The van der Waals surface area contributed by atoms with Gasteiger partial charge < -0.3 is 10.6 Å². The molecule has 1 unspecified atom stereocenters. The van der Waals surface area contributed by atoms with Crippen LogP contribution in [0.15, 0.2) is 60.8 Å². The third-order valence-corrected chi connectivity index (χ3v) is 5.11. The summed E-state index contributed by atoms with van der Waals surface area (Å²) in [5, 5.41) is 21.7. The number of hydrogen-bond donors (Lipinski definition) is 2. The van der Waals surface area contributed by atoms with Gasteiger partial charge in [0.15, 0.2) is 0 Å². The highest BCUT2D eigenvalue weighted by atomic mass is 16.6. The van der Waals surface area contributed by atoms with E-state index in [0.717, 1.165) is 18.5 Å². The molecule has 1 aliphatic carbocycles. The second-order valence-corrected chi connectivity index (χ2v) is 7.17. The van der Waals surface area contributed by atoms with Gasteiger partial charge in [0.05, 0.1) is 17.2 Å². The highest BCUT2D eigenvalue weighted by Crippen LogP contribution is 2.40. The number of hydrogen-bond acceptors (Lipinski definition) is 5. The van der Waals surface area contributed by atoms with Crippen molar-refractivity contribution in [1.29, 1.82) is 0 Å². The Labute approximate surface area is 167 Å². The minimum absolute atomic E-state index is 0.165. The average Bonchev–Trinajstić information content (AvgIpc) is 3.47. The van der Waals surface area contributed by atoms with Gasteiger partial charge in [0.2, 0.25) is 0 Å². The number of aromatic nitrogens is 2. The molecule has 4 rings (SSSR count). The first-order chi connectivity index (χ1) is 14.0. The zero-order valence-electron chi connectivity index (χ0n) is 15.9. The van der Waals surface area contributed by atoms with Crippen LogP contribution in [-0.4, -0.2) is 20.6 Å². The third kappa shape index (κ3) is 4.11. The second-order valence-electron chi connectivity index (χ2n) is 7.17. The summed E-state index contributed by atoms with van der Waals surface area (Å²) in [6, 6.07) is 15.5. The summed E-state index contributed by atoms with van der Waals surface area (Å²) >= 11 is 0. The fourth-order valence-electron chi connectivity index (χ4n) is 3.31. The Bertz CT molecular complexity index is 1040. The molecule has 1 atom stereocenters. The molecule has 8 nitrogen and oxygen atoms in total. The number of rotatable bonds is 7. The molecule has 148 valence electrons. The van der Waals surface area contributed by atoms with E-state index in [-0.39, 0.29) is 17.3 Å². The molecule has 1 heterocycles. The van der Waals surface area contributed by atoms with Gasteiger partial charge in [0, 0.05) is 23.4 Å². The number of nitrogens with one attached hydrogen (secondary N) is 2. The van der Waals surface area contributed by atoms with E-state index in [1.165, 1.54) is 6.07 Å². The fraction of sp³-hybridized carbons (Fsp3) is 0.238. The van der Waals surface area contributed by atoms with Crippen LogP contribution in [0, 0.1) is 16.0 Å². The predicted molar refractivity (Wildman–Crippen MR) is 110 cm³/mol. The Balaban J connectivity index is 1.55. The Hall–Kier alpha value is -3.68. The first kappa shape index (κ1) is 18.7. The number of anilines is 3. The molecule has 1 aromatic heterocycles. The van der Waals surface area contributed by atoms with Crippen LogP contribution in [0.2, 0.25) is 0 Å². The van der Waals surface area contributed by atoms with Crippen LogP contribution in [0.3, 0.4) is 0 Å². The number of amides is 1. The molecule has 3 aromatic rings. The molecular weight excluding hydrogens is 370 g/mol. The summed E-state index contributed by atoms with van der Waals surface area (Å²) < 4.78 is 1.80. The smallest absolute Gasteiger partial charge is 0.293 e. The van der Waals surface area contributed by atoms with Crippen LogP contribution in [0.5, 0.6) is 0 Å². The first-order valence-electron chi connectivity index (χ1n) is 9.48. The summed E-state index contributed by atoms with van der Waals surface area (Å²) in [4.78, 5) is 23.8. The van der Waals surface area contributed by atoms with Gasteiger partial charge in [-0.05, 0) is 49.9 Å². The molecule has 29 heavy (non-hydrogen) atoms. The largest absolute Gasteiger partial charge is 0.350 e. The van der Waals surface area contributed by atoms with Crippen molar-refractivity contribution in [2.24, 2.45) is 5.92 Å². The number of nitro groups is 1. The van der Waals surface area contributed by atoms with E-state index in [1.807, 2.05) is 30.3 Å². The number of carbonyl (C=O) groups excluding carboxylic acids is 1. The first-order valence-corrected chi connectivity index (χ1v) is 9.48. The highest BCUT2D eigenvalue weighted by Gasteiger charge is 2.31. The van der Waals surface area contributed by atoms with E-state index in [0.29, 0.717) is 17.4 Å². The molecule has 1 amide bonds. The maximum absolute atomic E-state index is 12.7. The molecule has 0 aliphatic heterocycles. The molecule has 2 aromatic carbocycles. The quantitative estimate of drug-likeness (QED) is 0.447. The highest BCUT2D eigenvalue weighted by molar-refractivity contribution is 6.04. The summed E-state index contributed by atoms with van der Waals surface area (Å²) in [5.41, 5.74) is 1.10. The van der Waals surface area contributed by atoms with Crippen LogP contribution >= 0.6 is 0 Å². The Kier molecular flexibility index (Phi) is 4.99. The third-order valence-electron chi connectivity index (χ3n) is 5.11. The van der Waals surface area contributed by atoms with E-state index in [9.17, 15) is 14.9 Å². The molecule has 0 saturated heterocycles.